The van der Waals surface area contributed by atoms with E-state index in [1.165, 1.54) is 0 Å². The highest BCUT2D eigenvalue weighted by Gasteiger charge is 2.30. The van der Waals surface area contributed by atoms with E-state index in [-0.39, 0.29) is 11.9 Å². The average molecular weight is 292 g/mol. The number of morpholine rings is 1. The number of nitrogens with zero attached hydrogens (tertiary/aromatic N) is 2. The van der Waals surface area contributed by atoms with Gasteiger partial charge in [-0.05, 0) is 30.5 Å². The summed E-state index contributed by atoms with van der Waals surface area (Å²) >= 11 is 0. The fourth-order valence-corrected chi connectivity index (χ4v) is 2.48. The Kier molecular flexibility index (Phi) is 5.52. The van der Waals surface area contributed by atoms with Crippen molar-refractivity contribution in [1.82, 2.24) is 10.3 Å². The smallest absolute Gasteiger partial charge is 0.245 e. The van der Waals surface area contributed by atoms with E-state index < -0.39 is 0 Å². The van der Waals surface area contributed by atoms with Crippen LogP contribution in [0.3, 0.4) is 0 Å². The summed E-state index contributed by atoms with van der Waals surface area (Å²) in [4.78, 5) is 18.8. The molecule has 6 nitrogen and oxygen atoms in total. The van der Waals surface area contributed by atoms with E-state index in [1.807, 2.05) is 24.8 Å². The number of amides is 1. The number of ether oxygens (including phenoxy) is 1. The summed E-state index contributed by atoms with van der Waals surface area (Å²) in [6, 6.07) is 1.71. The van der Waals surface area contributed by atoms with Gasteiger partial charge in [0.1, 0.15) is 11.9 Å². The quantitative estimate of drug-likeness (QED) is 0.830. The molecule has 2 rings (SSSR count). The van der Waals surface area contributed by atoms with Gasteiger partial charge in [0.25, 0.3) is 0 Å². The number of aromatic nitrogens is 1. The molecule has 0 aliphatic carbocycles. The number of carbonyl (C=O) groups excluding carboxylic acids is 1. The van der Waals surface area contributed by atoms with Crippen molar-refractivity contribution in [1.29, 1.82) is 0 Å². The molecule has 0 spiro atoms. The molecule has 1 aromatic heterocycles. The minimum atomic E-state index is -0.319. The average Bonchev–Trinajstić information content (AvgIpc) is 2.52. The molecule has 1 unspecified atom stereocenters. The molecule has 0 aromatic carbocycles. The van der Waals surface area contributed by atoms with Gasteiger partial charge in [0.05, 0.1) is 13.2 Å². The highest BCUT2D eigenvalue weighted by molar-refractivity contribution is 5.85. The van der Waals surface area contributed by atoms with E-state index in [0.29, 0.717) is 32.8 Å². The van der Waals surface area contributed by atoms with Crippen LogP contribution in [0, 0.1) is 6.92 Å². The summed E-state index contributed by atoms with van der Waals surface area (Å²) in [5.41, 5.74) is 7.67. The molecule has 1 atom stereocenters. The largest absolute Gasteiger partial charge is 0.377 e. The standard InChI is InChI=1S/C15H24N4O2/c1-3-4-17-15(20)13-10-21-6-5-19(13)14-11(2)7-12(8-16)9-18-14/h7,9,13H,3-6,8,10,16H2,1-2H3,(H,17,20). The lowest BCUT2D eigenvalue weighted by Gasteiger charge is -2.36. The molecule has 1 fully saturated rings. The van der Waals surface area contributed by atoms with Crippen molar-refractivity contribution >= 4 is 11.7 Å². The van der Waals surface area contributed by atoms with Crippen LogP contribution in [0.15, 0.2) is 12.3 Å². The van der Waals surface area contributed by atoms with Crippen molar-refractivity contribution in [2.45, 2.75) is 32.9 Å². The molecule has 0 saturated carbocycles. The maximum absolute atomic E-state index is 12.3. The zero-order valence-corrected chi connectivity index (χ0v) is 12.8. The summed E-state index contributed by atoms with van der Waals surface area (Å²) in [5, 5.41) is 2.94. The molecule has 0 bridgehead atoms. The maximum Gasteiger partial charge on any atom is 0.245 e. The molecule has 1 aliphatic heterocycles. The molecule has 0 radical (unpaired) electrons. The van der Waals surface area contributed by atoms with Gasteiger partial charge in [-0.3, -0.25) is 4.79 Å². The van der Waals surface area contributed by atoms with Crippen LogP contribution >= 0.6 is 0 Å². The van der Waals surface area contributed by atoms with Crippen molar-refractivity contribution in [2.75, 3.05) is 31.2 Å². The first-order chi connectivity index (χ1) is 10.2. The van der Waals surface area contributed by atoms with Gasteiger partial charge >= 0.3 is 0 Å². The first-order valence-electron chi connectivity index (χ1n) is 7.45. The van der Waals surface area contributed by atoms with Crippen LogP contribution in [0.4, 0.5) is 5.82 Å². The van der Waals surface area contributed by atoms with Gasteiger partial charge in [-0.1, -0.05) is 6.92 Å². The van der Waals surface area contributed by atoms with Crippen LogP contribution in [0.1, 0.15) is 24.5 Å². The molecule has 116 valence electrons. The lowest BCUT2D eigenvalue weighted by atomic mass is 10.1. The molecular formula is C15H24N4O2. The van der Waals surface area contributed by atoms with Gasteiger partial charge in [0.15, 0.2) is 0 Å². The zero-order chi connectivity index (χ0) is 15.2. The summed E-state index contributed by atoms with van der Waals surface area (Å²) in [6.45, 7) is 6.86. The predicted octanol–water partition coefficient (Wildman–Crippen LogP) is 0.580. The number of anilines is 1. The normalized spacial score (nSPS) is 18.6. The van der Waals surface area contributed by atoms with Crippen molar-refractivity contribution in [3.63, 3.8) is 0 Å². The molecule has 1 saturated heterocycles. The van der Waals surface area contributed by atoms with Crippen LogP contribution in [-0.4, -0.2) is 43.2 Å². The minimum absolute atomic E-state index is 0.000603. The van der Waals surface area contributed by atoms with Crippen molar-refractivity contribution in [3.05, 3.63) is 23.4 Å². The summed E-state index contributed by atoms with van der Waals surface area (Å²) in [7, 11) is 0. The summed E-state index contributed by atoms with van der Waals surface area (Å²) < 4.78 is 5.47. The van der Waals surface area contributed by atoms with Gasteiger partial charge < -0.3 is 20.7 Å². The fraction of sp³-hybridized carbons (Fsp3) is 0.600. The number of aryl methyl sites for hydroxylation is 1. The van der Waals surface area contributed by atoms with E-state index in [9.17, 15) is 4.79 Å². The first-order valence-corrected chi connectivity index (χ1v) is 7.45. The number of nitrogens with one attached hydrogen (secondary N) is 1. The number of rotatable bonds is 5. The fourth-order valence-electron chi connectivity index (χ4n) is 2.48. The van der Waals surface area contributed by atoms with Gasteiger partial charge in [-0.2, -0.15) is 0 Å². The number of carbonyl (C=O) groups is 1. The summed E-state index contributed by atoms with van der Waals surface area (Å²) in [6.07, 6.45) is 2.70. The Morgan fingerprint density at radius 3 is 3.10 bits per heavy atom. The molecule has 1 aliphatic rings. The second-order valence-corrected chi connectivity index (χ2v) is 5.26. The van der Waals surface area contributed by atoms with Crippen molar-refractivity contribution in [3.8, 4) is 0 Å². The highest BCUT2D eigenvalue weighted by Crippen LogP contribution is 2.22. The van der Waals surface area contributed by atoms with E-state index in [1.54, 1.807) is 6.20 Å². The Labute approximate surface area is 125 Å². The molecule has 21 heavy (non-hydrogen) atoms. The Morgan fingerprint density at radius 1 is 1.62 bits per heavy atom. The Morgan fingerprint density at radius 2 is 2.43 bits per heavy atom. The molecule has 2 heterocycles. The zero-order valence-electron chi connectivity index (χ0n) is 12.8. The SMILES string of the molecule is CCCNC(=O)C1COCCN1c1ncc(CN)cc1C. The highest BCUT2D eigenvalue weighted by atomic mass is 16.5. The maximum atomic E-state index is 12.3. The Hall–Kier alpha value is -1.66. The molecule has 3 N–H and O–H groups in total. The van der Waals surface area contributed by atoms with Crippen LogP contribution in [0.25, 0.3) is 0 Å². The third-order valence-electron chi connectivity index (χ3n) is 3.60. The van der Waals surface area contributed by atoms with Gasteiger partial charge in [0, 0.05) is 25.8 Å². The van der Waals surface area contributed by atoms with Crippen molar-refractivity contribution in [2.24, 2.45) is 5.73 Å². The minimum Gasteiger partial charge on any atom is -0.377 e. The van der Waals surface area contributed by atoms with E-state index >= 15 is 0 Å². The van der Waals surface area contributed by atoms with Gasteiger partial charge in [-0.15, -0.1) is 0 Å². The Bertz CT molecular complexity index is 493. The molecule has 1 amide bonds. The van der Waals surface area contributed by atoms with Crippen LogP contribution in [-0.2, 0) is 16.1 Å². The van der Waals surface area contributed by atoms with E-state index in [4.69, 9.17) is 10.5 Å². The molecule has 1 aromatic rings. The van der Waals surface area contributed by atoms with Gasteiger partial charge in [0.2, 0.25) is 5.91 Å². The number of nitrogens with two attached hydrogens (primary N) is 1. The second kappa shape index (κ2) is 7.38. The second-order valence-electron chi connectivity index (χ2n) is 5.26. The lowest BCUT2D eigenvalue weighted by molar-refractivity contribution is -0.124. The predicted molar refractivity (Wildman–Crippen MR) is 82.1 cm³/mol. The van der Waals surface area contributed by atoms with Gasteiger partial charge in [-0.25, -0.2) is 4.98 Å². The van der Waals surface area contributed by atoms with E-state index in [2.05, 4.69) is 10.3 Å². The van der Waals surface area contributed by atoms with Crippen LogP contribution < -0.4 is 16.0 Å². The molecule has 6 heteroatoms. The lowest BCUT2D eigenvalue weighted by Crippen LogP contribution is -2.54. The summed E-state index contributed by atoms with van der Waals surface area (Å²) in [5.74, 6) is 0.841. The number of pyridine rings is 1. The number of hydrogen-bond acceptors (Lipinski definition) is 5. The number of hydrogen-bond donors (Lipinski definition) is 2. The topological polar surface area (TPSA) is 80.5 Å². The Balaban J connectivity index is 2.20. The first kappa shape index (κ1) is 15.7. The van der Waals surface area contributed by atoms with Crippen LogP contribution in [0.5, 0.6) is 0 Å². The third kappa shape index (κ3) is 3.71. The third-order valence-corrected chi connectivity index (χ3v) is 3.60. The van der Waals surface area contributed by atoms with Crippen LogP contribution in [0.2, 0.25) is 0 Å². The monoisotopic (exact) mass is 292 g/mol. The van der Waals surface area contributed by atoms with E-state index in [0.717, 1.165) is 23.4 Å². The van der Waals surface area contributed by atoms with Crippen molar-refractivity contribution < 1.29 is 9.53 Å². The molecular weight excluding hydrogens is 268 g/mol.